The quantitative estimate of drug-likeness (QED) is 0.611. The van der Waals surface area contributed by atoms with Gasteiger partial charge in [-0.3, -0.25) is 0 Å². The van der Waals surface area contributed by atoms with Crippen LogP contribution in [0.5, 0.6) is 0 Å². The molecule has 14 heavy (non-hydrogen) atoms. The fraction of sp³-hybridized carbons (Fsp3) is 0.700. The fourth-order valence-corrected chi connectivity index (χ4v) is 0.968. The molecule has 1 unspecified atom stereocenters. The summed E-state index contributed by atoms with van der Waals surface area (Å²) in [5.74, 6) is 0. The minimum Gasteiger partial charge on any atom is -0.445 e. The van der Waals surface area contributed by atoms with Gasteiger partial charge in [0.15, 0.2) is 0 Å². The predicted octanol–water partition coefficient (Wildman–Crippen LogP) is 1.42. The number of amides is 1. The number of nitrogens with two attached hydrogens (primary N) is 1. The number of unbranched alkanes of at least 4 members (excludes halogenated alkanes) is 1. The molecule has 82 valence electrons. The van der Waals surface area contributed by atoms with E-state index >= 15 is 0 Å². The maximum absolute atomic E-state index is 10.9. The maximum atomic E-state index is 10.9. The van der Waals surface area contributed by atoms with Crippen LogP contribution in [0.2, 0.25) is 0 Å². The van der Waals surface area contributed by atoms with Gasteiger partial charge in [0.05, 0.1) is 0 Å². The molecule has 0 aromatic rings. The zero-order valence-electron chi connectivity index (χ0n) is 8.79. The largest absolute Gasteiger partial charge is 0.445 e. The van der Waals surface area contributed by atoms with Crippen molar-refractivity contribution in [2.45, 2.75) is 32.2 Å². The number of hydrogen-bond acceptors (Lipinski definition) is 3. The molecule has 1 atom stereocenters. The number of nitrogens with one attached hydrogen (secondary N) is 1. The smallest absolute Gasteiger partial charge is 0.407 e. The second-order valence-corrected chi connectivity index (χ2v) is 3.17. The Morgan fingerprint density at radius 1 is 1.71 bits per heavy atom. The van der Waals surface area contributed by atoms with E-state index in [1.165, 1.54) is 6.08 Å². The molecular weight excluding hydrogens is 180 g/mol. The van der Waals surface area contributed by atoms with E-state index in [2.05, 4.69) is 18.8 Å². The maximum Gasteiger partial charge on any atom is 0.407 e. The molecule has 0 saturated heterocycles. The van der Waals surface area contributed by atoms with Gasteiger partial charge in [0, 0.05) is 12.6 Å². The van der Waals surface area contributed by atoms with E-state index in [1.54, 1.807) is 0 Å². The molecule has 3 N–H and O–H groups in total. The highest BCUT2D eigenvalue weighted by Crippen LogP contribution is 1.96. The first-order valence-corrected chi connectivity index (χ1v) is 4.97. The third-order valence-electron chi connectivity index (χ3n) is 1.77. The van der Waals surface area contributed by atoms with Crippen molar-refractivity contribution in [3.63, 3.8) is 0 Å². The molecular formula is C10H20N2O2. The van der Waals surface area contributed by atoms with Crippen LogP contribution in [0.4, 0.5) is 4.79 Å². The lowest BCUT2D eigenvalue weighted by atomic mass is 10.1. The summed E-state index contributed by atoms with van der Waals surface area (Å²) in [7, 11) is 0. The lowest BCUT2D eigenvalue weighted by molar-refractivity contribution is 0.157. The predicted molar refractivity (Wildman–Crippen MR) is 57.0 cm³/mol. The van der Waals surface area contributed by atoms with E-state index in [0.717, 1.165) is 19.3 Å². The zero-order chi connectivity index (χ0) is 10.8. The van der Waals surface area contributed by atoms with Gasteiger partial charge in [0.2, 0.25) is 0 Å². The Labute approximate surface area is 85.5 Å². The molecule has 4 heteroatoms. The van der Waals surface area contributed by atoms with Crippen LogP contribution in [0, 0.1) is 0 Å². The monoisotopic (exact) mass is 200 g/mol. The Balaban J connectivity index is 3.40. The van der Waals surface area contributed by atoms with E-state index in [4.69, 9.17) is 10.5 Å². The van der Waals surface area contributed by atoms with Gasteiger partial charge < -0.3 is 15.8 Å². The lowest BCUT2D eigenvalue weighted by Crippen LogP contribution is -2.37. The minimum absolute atomic E-state index is 0.0197. The summed E-state index contributed by atoms with van der Waals surface area (Å²) in [5, 5.41) is 2.59. The zero-order valence-corrected chi connectivity index (χ0v) is 8.79. The topological polar surface area (TPSA) is 64.3 Å². The lowest BCUT2D eigenvalue weighted by Gasteiger charge is -2.11. The normalized spacial score (nSPS) is 11.9. The summed E-state index contributed by atoms with van der Waals surface area (Å²) in [6.45, 7) is 6.25. The van der Waals surface area contributed by atoms with Crippen molar-refractivity contribution in [2.75, 3.05) is 13.2 Å². The SMILES string of the molecule is C=CCOC(=O)NCC(N)CCCC. The summed E-state index contributed by atoms with van der Waals surface area (Å²) >= 11 is 0. The summed E-state index contributed by atoms with van der Waals surface area (Å²) in [6, 6.07) is 0.0197. The Kier molecular flexibility index (Phi) is 7.93. The van der Waals surface area contributed by atoms with Gasteiger partial charge in [-0.15, -0.1) is 0 Å². The molecule has 0 heterocycles. The molecule has 0 aromatic carbocycles. The van der Waals surface area contributed by atoms with Crippen molar-refractivity contribution in [3.8, 4) is 0 Å². The molecule has 0 aromatic heterocycles. The van der Waals surface area contributed by atoms with Crippen LogP contribution in [0.25, 0.3) is 0 Å². The Morgan fingerprint density at radius 3 is 3.00 bits per heavy atom. The van der Waals surface area contributed by atoms with Gasteiger partial charge in [0.25, 0.3) is 0 Å². The summed E-state index contributed by atoms with van der Waals surface area (Å²) in [6.07, 6.45) is 4.23. The van der Waals surface area contributed by atoms with Crippen molar-refractivity contribution in [1.29, 1.82) is 0 Å². The Bertz CT molecular complexity index is 172. The van der Waals surface area contributed by atoms with Gasteiger partial charge in [-0.2, -0.15) is 0 Å². The van der Waals surface area contributed by atoms with Gasteiger partial charge in [0.1, 0.15) is 6.61 Å². The molecule has 0 radical (unpaired) electrons. The number of ether oxygens (including phenoxy) is 1. The first-order valence-electron chi connectivity index (χ1n) is 4.97. The van der Waals surface area contributed by atoms with Crippen LogP contribution in [-0.2, 0) is 4.74 Å². The number of hydrogen-bond donors (Lipinski definition) is 2. The molecule has 0 bridgehead atoms. The number of rotatable bonds is 7. The highest BCUT2D eigenvalue weighted by molar-refractivity contribution is 5.67. The van der Waals surface area contributed by atoms with Crippen LogP contribution in [0.3, 0.4) is 0 Å². The molecule has 4 nitrogen and oxygen atoms in total. The van der Waals surface area contributed by atoms with Crippen LogP contribution >= 0.6 is 0 Å². The van der Waals surface area contributed by atoms with Crippen molar-refractivity contribution in [3.05, 3.63) is 12.7 Å². The second kappa shape index (κ2) is 8.56. The Hall–Kier alpha value is -1.03. The molecule has 0 fully saturated rings. The highest BCUT2D eigenvalue weighted by atomic mass is 16.5. The molecule has 1 amide bonds. The van der Waals surface area contributed by atoms with Crippen molar-refractivity contribution < 1.29 is 9.53 Å². The fourth-order valence-electron chi connectivity index (χ4n) is 0.968. The summed E-state index contributed by atoms with van der Waals surface area (Å²) in [4.78, 5) is 10.9. The van der Waals surface area contributed by atoms with Gasteiger partial charge in [-0.05, 0) is 6.42 Å². The Morgan fingerprint density at radius 2 is 2.43 bits per heavy atom. The first-order chi connectivity index (χ1) is 6.70. The number of carbonyl (C=O) groups is 1. The summed E-state index contributed by atoms with van der Waals surface area (Å²) in [5.41, 5.74) is 5.75. The summed E-state index contributed by atoms with van der Waals surface area (Å²) < 4.78 is 4.72. The van der Waals surface area contributed by atoms with Crippen molar-refractivity contribution in [2.24, 2.45) is 5.73 Å². The van der Waals surface area contributed by atoms with E-state index in [9.17, 15) is 4.79 Å². The van der Waals surface area contributed by atoms with Crippen LogP contribution in [0.15, 0.2) is 12.7 Å². The van der Waals surface area contributed by atoms with Gasteiger partial charge in [-0.25, -0.2) is 4.79 Å². The van der Waals surface area contributed by atoms with E-state index in [1.807, 2.05) is 0 Å². The average molecular weight is 200 g/mol. The van der Waals surface area contributed by atoms with Crippen LogP contribution in [0.1, 0.15) is 26.2 Å². The number of alkyl carbamates (subject to hydrolysis) is 1. The minimum atomic E-state index is -0.433. The third kappa shape index (κ3) is 7.61. The van der Waals surface area contributed by atoms with Crippen LogP contribution in [-0.4, -0.2) is 25.3 Å². The second-order valence-electron chi connectivity index (χ2n) is 3.17. The van der Waals surface area contributed by atoms with Crippen molar-refractivity contribution >= 4 is 6.09 Å². The van der Waals surface area contributed by atoms with Gasteiger partial charge >= 0.3 is 6.09 Å². The number of carbonyl (C=O) groups excluding carboxylic acids is 1. The highest BCUT2D eigenvalue weighted by Gasteiger charge is 2.04. The molecule has 0 aliphatic carbocycles. The van der Waals surface area contributed by atoms with Crippen molar-refractivity contribution in [1.82, 2.24) is 5.32 Å². The molecule has 0 aliphatic rings. The molecule has 0 rings (SSSR count). The molecule has 0 spiro atoms. The van der Waals surface area contributed by atoms with E-state index < -0.39 is 6.09 Å². The average Bonchev–Trinajstić information content (AvgIpc) is 2.20. The van der Waals surface area contributed by atoms with E-state index in [0.29, 0.717) is 6.54 Å². The molecule has 0 saturated carbocycles. The first kappa shape index (κ1) is 13.0. The van der Waals surface area contributed by atoms with Gasteiger partial charge in [-0.1, -0.05) is 32.4 Å². The molecule has 0 aliphatic heterocycles. The van der Waals surface area contributed by atoms with Crippen LogP contribution < -0.4 is 11.1 Å². The third-order valence-corrected chi connectivity index (χ3v) is 1.77. The standard InChI is InChI=1S/C10H20N2O2/c1-3-5-6-9(11)8-12-10(13)14-7-4-2/h4,9H,2-3,5-8,11H2,1H3,(H,12,13). The van der Waals surface area contributed by atoms with E-state index in [-0.39, 0.29) is 12.6 Å².